The smallest absolute Gasteiger partial charge is 0.326 e. The van der Waals surface area contributed by atoms with E-state index in [0.717, 1.165) is 6.39 Å². The van der Waals surface area contributed by atoms with E-state index in [2.05, 4.69) is 10.3 Å². The number of carbonyl (C=O) groups excluding carboxylic acids is 1. The maximum absolute atomic E-state index is 11.7. The lowest BCUT2D eigenvalue weighted by Gasteiger charge is -2.12. The van der Waals surface area contributed by atoms with Gasteiger partial charge in [0.25, 0.3) is 5.91 Å². The number of hydrogen-bond donors (Lipinski definition) is 2. The molecule has 0 saturated heterocycles. The van der Waals surface area contributed by atoms with Gasteiger partial charge in [0.15, 0.2) is 6.39 Å². The van der Waals surface area contributed by atoms with Crippen LogP contribution < -0.4 is 5.32 Å². The lowest BCUT2D eigenvalue weighted by Crippen LogP contribution is -2.41. The van der Waals surface area contributed by atoms with E-state index in [0.29, 0.717) is 17.9 Å². The van der Waals surface area contributed by atoms with E-state index in [-0.39, 0.29) is 5.76 Å². The molecule has 0 aliphatic carbocycles. The minimum absolute atomic E-state index is 0.0559. The molecule has 1 aromatic heterocycles. The van der Waals surface area contributed by atoms with Crippen LogP contribution >= 0.6 is 11.8 Å². The predicted octanol–water partition coefficient (Wildman–Crippen LogP) is 0.919. The Morgan fingerprint density at radius 2 is 2.35 bits per heavy atom. The van der Waals surface area contributed by atoms with Crippen LogP contribution in [0, 0.1) is 6.92 Å². The van der Waals surface area contributed by atoms with Gasteiger partial charge in [-0.1, -0.05) is 0 Å². The van der Waals surface area contributed by atoms with Crippen molar-refractivity contribution in [2.45, 2.75) is 19.4 Å². The van der Waals surface area contributed by atoms with Crippen LogP contribution in [-0.4, -0.2) is 40.0 Å². The molecule has 1 heterocycles. The number of nitrogens with zero attached hydrogens (tertiary/aromatic N) is 1. The fourth-order valence-electron chi connectivity index (χ4n) is 1.24. The molecule has 6 nitrogen and oxygen atoms in total. The molecule has 0 fully saturated rings. The van der Waals surface area contributed by atoms with Crippen LogP contribution in [0.4, 0.5) is 0 Å². The summed E-state index contributed by atoms with van der Waals surface area (Å²) in [6, 6.07) is -0.903. The Morgan fingerprint density at radius 1 is 1.65 bits per heavy atom. The van der Waals surface area contributed by atoms with Gasteiger partial charge in [0.05, 0.1) is 5.69 Å². The first-order valence-corrected chi connectivity index (χ1v) is 6.38. The Hall–Kier alpha value is -1.50. The molecule has 0 radical (unpaired) electrons. The largest absolute Gasteiger partial charge is 0.480 e. The topological polar surface area (TPSA) is 92.4 Å². The standard InChI is InChI=1S/C10H14N2O4S/c1-6-8(16-5-11-6)9(13)12-7(10(14)15)3-4-17-2/h5,7H,3-4H2,1-2H3,(H,12,13)(H,14,15). The average Bonchev–Trinajstić information content (AvgIpc) is 2.70. The average molecular weight is 258 g/mol. The summed E-state index contributed by atoms with van der Waals surface area (Å²) in [5.74, 6) is -0.884. The molecule has 0 saturated carbocycles. The van der Waals surface area contributed by atoms with Gasteiger partial charge in [0, 0.05) is 0 Å². The summed E-state index contributed by atoms with van der Waals surface area (Å²) in [7, 11) is 0. The molecule has 7 heteroatoms. The highest BCUT2D eigenvalue weighted by molar-refractivity contribution is 7.98. The minimum atomic E-state index is -1.05. The van der Waals surface area contributed by atoms with Crippen LogP contribution in [-0.2, 0) is 4.79 Å². The van der Waals surface area contributed by atoms with E-state index < -0.39 is 17.9 Å². The van der Waals surface area contributed by atoms with Crippen molar-refractivity contribution >= 4 is 23.6 Å². The molecule has 1 atom stereocenters. The minimum Gasteiger partial charge on any atom is -0.480 e. The van der Waals surface area contributed by atoms with Crippen LogP contribution in [0.5, 0.6) is 0 Å². The molecule has 0 aliphatic rings. The Labute approximate surface area is 103 Å². The van der Waals surface area contributed by atoms with Gasteiger partial charge in [-0.15, -0.1) is 0 Å². The fraction of sp³-hybridized carbons (Fsp3) is 0.500. The van der Waals surface area contributed by atoms with Gasteiger partial charge in [-0.3, -0.25) is 4.79 Å². The van der Waals surface area contributed by atoms with Gasteiger partial charge >= 0.3 is 5.97 Å². The summed E-state index contributed by atoms with van der Waals surface area (Å²) in [6.07, 6.45) is 3.40. The first-order chi connectivity index (χ1) is 8.06. The number of aromatic nitrogens is 1. The second-order valence-electron chi connectivity index (χ2n) is 3.41. The third-order valence-electron chi connectivity index (χ3n) is 2.17. The van der Waals surface area contributed by atoms with Crippen molar-refractivity contribution in [2.24, 2.45) is 0 Å². The van der Waals surface area contributed by atoms with Gasteiger partial charge in [-0.25, -0.2) is 9.78 Å². The molecule has 0 spiro atoms. The molecule has 0 bridgehead atoms. The molecule has 2 N–H and O–H groups in total. The van der Waals surface area contributed by atoms with Crippen molar-refractivity contribution < 1.29 is 19.1 Å². The molecule has 1 amide bonds. The summed E-state index contributed by atoms with van der Waals surface area (Å²) in [5.41, 5.74) is 0.441. The first-order valence-electron chi connectivity index (χ1n) is 4.99. The monoisotopic (exact) mass is 258 g/mol. The number of carboxylic acid groups (broad SMARTS) is 1. The highest BCUT2D eigenvalue weighted by atomic mass is 32.2. The third kappa shape index (κ3) is 3.77. The number of amides is 1. The molecular weight excluding hydrogens is 244 g/mol. The summed E-state index contributed by atoms with van der Waals surface area (Å²) in [5, 5.41) is 11.4. The Balaban J connectivity index is 2.64. The number of thioether (sulfide) groups is 1. The molecule has 0 aliphatic heterocycles. The number of nitrogens with one attached hydrogen (secondary N) is 1. The molecular formula is C10H14N2O4S. The molecule has 1 aromatic rings. The molecule has 17 heavy (non-hydrogen) atoms. The maximum Gasteiger partial charge on any atom is 0.326 e. The van der Waals surface area contributed by atoms with Crippen LogP contribution in [0.2, 0.25) is 0 Å². The number of aliphatic carboxylic acids is 1. The van der Waals surface area contributed by atoms with Crippen molar-refractivity contribution in [1.29, 1.82) is 0 Å². The van der Waals surface area contributed by atoms with Crippen LogP contribution in [0.25, 0.3) is 0 Å². The van der Waals surface area contributed by atoms with Gasteiger partial charge in [0.2, 0.25) is 5.76 Å². The summed E-state index contributed by atoms with van der Waals surface area (Å²) < 4.78 is 4.89. The van der Waals surface area contributed by atoms with Crippen LogP contribution in [0.3, 0.4) is 0 Å². The second-order valence-corrected chi connectivity index (χ2v) is 4.40. The summed E-state index contributed by atoms with van der Waals surface area (Å²) in [6.45, 7) is 1.62. The van der Waals surface area contributed by atoms with Gasteiger partial charge in [-0.05, 0) is 25.4 Å². The number of carbonyl (C=O) groups is 2. The van der Waals surface area contributed by atoms with E-state index >= 15 is 0 Å². The Bertz CT molecular complexity index is 405. The van der Waals surface area contributed by atoms with E-state index in [1.165, 1.54) is 11.8 Å². The van der Waals surface area contributed by atoms with E-state index in [1.54, 1.807) is 6.92 Å². The zero-order chi connectivity index (χ0) is 12.8. The first kappa shape index (κ1) is 13.6. The van der Waals surface area contributed by atoms with Crippen molar-refractivity contribution in [1.82, 2.24) is 10.3 Å². The van der Waals surface area contributed by atoms with E-state index in [9.17, 15) is 9.59 Å². The zero-order valence-electron chi connectivity index (χ0n) is 9.60. The van der Waals surface area contributed by atoms with Crippen molar-refractivity contribution in [3.05, 3.63) is 17.8 Å². The van der Waals surface area contributed by atoms with E-state index in [4.69, 9.17) is 9.52 Å². The number of oxazole rings is 1. The van der Waals surface area contributed by atoms with Crippen molar-refractivity contribution in [3.63, 3.8) is 0 Å². The van der Waals surface area contributed by atoms with Crippen LogP contribution in [0.15, 0.2) is 10.8 Å². The second kappa shape index (κ2) is 6.29. The maximum atomic E-state index is 11.7. The SMILES string of the molecule is CSCCC(NC(=O)c1ocnc1C)C(=O)O. The normalized spacial score (nSPS) is 12.1. The highest BCUT2D eigenvalue weighted by Gasteiger charge is 2.22. The molecule has 0 aromatic carbocycles. The number of carboxylic acids is 1. The fourth-order valence-corrected chi connectivity index (χ4v) is 1.71. The lowest BCUT2D eigenvalue weighted by atomic mass is 10.2. The summed E-state index contributed by atoms with van der Waals surface area (Å²) >= 11 is 1.52. The Morgan fingerprint density at radius 3 is 2.82 bits per heavy atom. The van der Waals surface area contributed by atoms with Gasteiger partial charge < -0.3 is 14.8 Å². The highest BCUT2D eigenvalue weighted by Crippen LogP contribution is 2.07. The lowest BCUT2D eigenvalue weighted by molar-refractivity contribution is -0.139. The number of aryl methyl sites for hydroxylation is 1. The van der Waals surface area contributed by atoms with Crippen molar-refractivity contribution in [3.8, 4) is 0 Å². The quantitative estimate of drug-likeness (QED) is 0.788. The van der Waals surface area contributed by atoms with Crippen molar-refractivity contribution in [2.75, 3.05) is 12.0 Å². The van der Waals surface area contributed by atoms with Gasteiger partial charge in [0.1, 0.15) is 6.04 Å². The van der Waals surface area contributed by atoms with Gasteiger partial charge in [-0.2, -0.15) is 11.8 Å². The molecule has 1 rings (SSSR count). The third-order valence-corrected chi connectivity index (χ3v) is 2.81. The number of rotatable bonds is 6. The summed E-state index contributed by atoms with van der Waals surface area (Å²) in [4.78, 5) is 26.4. The molecule has 1 unspecified atom stereocenters. The number of hydrogen-bond acceptors (Lipinski definition) is 5. The Kier molecular flexibility index (Phi) is 5.02. The predicted molar refractivity (Wildman–Crippen MR) is 63.1 cm³/mol. The van der Waals surface area contributed by atoms with E-state index in [1.807, 2.05) is 6.26 Å². The van der Waals surface area contributed by atoms with Crippen LogP contribution in [0.1, 0.15) is 22.7 Å². The zero-order valence-corrected chi connectivity index (χ0v) is 10.4. The molecule has 94 valence electrons.